The Bertz CT molecular complexity index is 1680. The summed E-state index contributed by atoms with van der Waals surface area (Å²) < 4.78 is 7.08. The van der Waals surface area contributed by atoms with Crippen molar-refractivity contribution in [1.82, 2.24) is 4.90 Å². The molecular formula is C36H37N3O5. The first-order valence-corrected chi connectivity index (χ1v) is 15.5. The van der Waals surface area contributed by atoms with Gasteiger partial charge in [-0.25, -0.2) is 0 Å². The smallest absolute Gasteiger partial charge is 0.253 e. The van der Waals surface area contributed by atoms with Gasteiger partial charge in [-0.2, -0.15) is 0 Å². The van der Waals surface area contributed by atoms with Gasteiger partial charge in [0.1, 0.15) is 11.6 Å². The van der Waals surface area contributed by atoms with Crippen LogP contribution in [-0.4, -0.2) is 70.7 Å². The van der Waals surface area contributed by atoms with E-state index in [2.05, 4.69) is 0 Å². The molecule has 8 nitrogen and oxygen atoms in total. The van der Waals surface area contributed by atoms with Crippen LogP contribution in [0, 0.1) is 11.8 Å². The molecule has 8 heteroatoms. The molecule has 1 spiro atoms. The van der Waals surface area contributed by atoms with Gasteiger partial charge in [-0.05, 0) is 47.9 Å². The minimum atomic E-state index is -1.39. The van der Waals surface area contributed by atoms with E-state index in [4.69, 9.17) is 4.74 Å². The first-order valence-electron chi connectivity index (χ1n) is 15.5. The molecule has 4 heterocycles. The van der Waals surface area contributed by atoms with E-state index in [0.717, 1.165) is 16.5 Å². The zero-order chi connectivity index (χ0) is 30.6. The Hall–Kier alpha value is -4.27. The lowest BCUT2D eigenvalue weighted by molar-refractivity contribution is -0.149. The number of aliphatic hydroxyl groups is 1. The Morgan fingerprint density at radius 3 is 2.18 bits per heavy atom. The van der Waals surface area contributed by atoms with Gasteiger partial charge >= 0.3 is 0 Å². The molecule has 0 radical (unpaired) electrons. The fourth-order valence-electron chi connectivity index (χ4n) is 7.92. The van der Waals surface area contributed by atoms with E-state index in [9.17, 15) is 19.5 Å². The number of nitrogens with zero attached hydrogens (tertiary/aromatic N) is 3. The van der Waals surface area contributed by atoms with Crippen molar-refractivity contribution in [1.29, 1.82) is 0 Å². The molecule has 1 N–H and O–H groups in total. The van der Waals surface area contributed by atoms with Gasteiger partial charge in [0, 0.05) is 24.5 Å². The van der Waals surface area contributed by atoms with E-state index < -0.39 is 35.1 Å². The van der Waals surface area contributed by atoms with Crippen molar-refractivity contribution in [3.05, 3.63) is 97.1 Å². The molecular weight excluding hydrogens is 554 g/mol. The summed E-state index contributed by atoms with van der Waals surface area (Å²) in [6, 6.07) is 21.7. The lowest BCUT2D eigenvalue weighted by Crippen LogP contribution is -2.59. The molecule has 3 aromatic rings. The number of rotatable bonds is 6. The molecule has 6 atom stereocenters. The summed E-state index contributed by atoms with van der Waals surface area (Å²) in [6.07, 6.45) is 8.54. The number of hydrogen-bond donors (Lipinski definition) is 1. The van der Waals surface area contributed by atoms with E-state index in [1.165, 1.54) is 4.90 Å². The molecule has 4 aliphatic rings. The van der Waals surface area contributed by atoms with Gasteiger partial charge in [-0.15, -0.1) is 0 Å². The normalized spacial score (nSPS) is 30.3. The fraction of sp³-hybridized carbons (Fsp3) is 0.361. The number of anilines is 2. The highest BCUT2D eigenvalue weighted by Crippen LogP contribution is 2.59. The van der Waals surface area contributed by atoms with Crippen molar-refractivity contribution in [2.45, 2.75) is 50.0 Å². The van der Waals surface area contributed by atoms with Gasteiger partial charge in [0.05, 0.1) is 30.1 Å². The van der Waals surface area contributed by atoms with Gasteiger partial charge in [0.15, 0.2) is 0 Å². The van der Waals surface area contributed by atoms with E-state index in [0.29, 0.717) is 25.1 Å². The van der Waals surface area contributed by atoms with Gasteiger partial charge < -0.3 is 24.5 Å². The summed E-state index contributed by atoms with van der Waals surface area (Å²) in [5.74, 6) is -2.61. The summed E-state index contributed by atoms with van der Waals surface area (Å²) in [7, 11) is 0. The minimum Gasteiger partial charge on any atom is -0.394 e. The number of para-hydroxylation sites is 1. The second-order valence-electron chi connectivity index (χ2n) is 12.2. The molecule has 2 fully saturated rings. The molecule has 3 aromatic carbocycles. The SMILES string of the molecule is CC[C@@H](CO)N1C(=O)[C@@H]2[C@H]3C(=O)N(c4ccccc4)CC=C[C@@]3(CC)O[C@@]23C=CCN(c2ccc4ccccc4c2)C(=O)C13. The molecule has 3 amide bonds. The van der Waals surface area contributed by atoms with Crippen molar-refractivity contribution in [3.63, 3.8) is 0 Å². The van der Waals surface area contributed by atoms with Crippen molar-refractivity contribution in [3.8, 4) is 0 Å². The van der Waals surface area contributed by atoms with Crippen LogP contribution in [0.25, 0.3) is 10.8 Å². The maximum atomic E-state index is 14.8. The molecule has 0 saturated carbocycles. The maximum absolute atomic E-state index is 14.8. The number of fused-ring (bicyclic) bond motifs is 3. The molecule has 226 valence electrons. The van der Waals surface area contributed by atoms with Crippen LogP contribution in [0.4, 0.5) is 11.4 Å². The van der Waals surface area contributed by atoms with Crippen LogP contribution in [0.5, 0.6) is 0 Å². The number of carbonyl (C=O) groups is 3. The summed E-state index contributed by atoms with van der Waals surface area (Å²) in [6.45, 7) is 4.18. The molecule has 0 bridgehead atoms. The van der Waals surface area contributed by atoms with E-state index in [1.54, 1.807) is 9.80 Å². The van der Waals surface area contributed by atoms with Crippen molar-refractivity contribution in [2.24, 2.45) is 11.8 Å². The number of aliphatic hydroxyl groups excluding tert-OH is 1. The third-order valence-electron chi connectivity index (χ3n) is 10.1. The van der Waals surface area contributed by atoms with Crippen molar-refractivity contribution in [2.75, 3.05) is 29.5 Å². The lowest BCUT2D eigenvalue weighted by Gasteiger charge is -2.40. The minimum absolute atomic E-state index is 0.201. The fourth-order valence-corrected chi connectivity index (χ4v) is 7.92. The number of amides is 3. The van der Waals surface area contributed by atoms with Crippen molar-refractivity contribution < 1.29 is 24.2 Å². The largest absolute Gasteiger partial charge is 0.394 e. The summed E-state index contributed by atoms with van der Waals surface area (Å²) >= 11 is 0. The average Bonchev–Trinajstić information content (AvgIpc) is 3.34. The summed E-state index contributed by atoms with van der Waals surface area (Å²) in [5, 5.41) is 12.5. The molecule has 7 rings (SSSR count). The van der Waals surface area contributed by atoms with Crippen LogP contribution < -0.4 is 9.80 Å². The van der Waals surface area contributed by atoms with Gasteiger partial charge in [0.25, 0.3) is 5.91 Å². The Kier molecular flexibility index (Phi) is 6.94. The molecule has 0 aromatic heterocycles. The van der Waals surface area contributed by atoms with Crippen LogP contribution in [-0.2, 0) is 19.1 Å². The highest BCUT2D eigenvalue weighted by Gasteiger charge is 2.76. The topological polar surface area (TPSA) is 90.4 Å². The van der Waals surface area contributed by atoms with Crippen LogP contribution in [0.2, 0.25) is 0 Å². The predicted molar refractivity (Wildman–Crippen MR) is 169 cm³/mol. The summed E-state index contributed by atoms with van der Waals surface area (Å²) in [5.41, 5.74) is -1.00. The average molecular weight is 592 g/mol. The number of hydrogen-bond acceptors (Lipinski definition) is 5. The standard InChI is InChI=1S/C36H37N3O5/c1-3-26(23-40)39-31-34(43)38(28-17-16-24-12-8-9-13-25(24)22-28)21-11-19-36(31)30(33(39)42)29-32(41)37(27-14-6-5-7-15-27)20-10-18-35(29,4-2)44-36/h5-19,22,26,29-31,40H,3-4,20-21,23H2,1-2H3/t26-,29-,30-,31?,35+,36-/m0/s1. The Morgan fingerprint density at radius 1 is 0.795 bits per heavy atom. The number of likely N-dealkylation sites (tertiary alicyclic amines) is 1. The Morgan fingerprint density at radius 2 is 1.48 bits per heavy atom. The third-order valence-corrected chi connectivity index (χ3v) is 10.1. The first kappa shape index (κ1) is 28.5. The Balaban J connectivity index is 1.38. The molecule has 0 aliphatic carbocycles. The van der Waals surface area contributed by atoms with Gasteiger partial charge in [-0.1, -0.05) is 86.7 Å². The van der Waals surface area contributed by atoms with Gasteiger partial charge in [-0.3, -0.25) is 14.4 Å². The van der Waals surface area contributed by atoms with Gasteiger partial charge in [0.2, 0.25) is 11.8 Å². The maximum Gasteiger partial charge on any atom is 0.253 e. The van der Waals surface area contributed by atoms with Crippen LogP contribution in [0.1, 0.15) is 26.7 Å². The van der Waals surface area contributed by atoms with Crippen LogP contribution >= 0.6 is 0 Å². The molecule has 44 heavy (non-hydrogen) atoms. The third kappa shape index (κ3) is 4.01. The highest BCUT2D eigenvalue weighted by atomic mass is 16.5. The predicted octanol–water partition coefficient (Wildman–Crippen LogP) is 4.48. The second-order valence-corrected chi connectivity index (χ2v) is 12.2. The van der Waals surface area contributed by atoms with E-state index in [-0.39, 0.29) is 30.9 Å². The number of benzene rings is 3. The quantitative estimate of drug-likeness (QED) is 0.427. The lowest BCUT2D eigenvalue weighted by atomic mass is 9.73. The van der Waals surface area contributed by atoms with E-state index >= 15 is 0 Å². The monoisotopic (exact) mass is 591 g/mol. The molecule has 4 aliphatic heterocycles. The number of carbonyl (C=O) groups excluding carboxylic acids is 3. The van der Waals surface area contributed by atoms with E-state index in [1.807, 2.05) is 111 Å². The van der Waals surface area contributed by atoms with Crippen molar-refractivity contribution >= 4 is 39.9 Å². The summed E-state index contributed by atoms with van der Waals surface area (Å²) in [4.78, 5) is 49.1. The zero-order valence-electron chi connectivity index (χ0n) is 25.0. The van der Waals surface area contributed by atoms with Crippen LogP contribution in [0.3, 0.4) is 0 Å². The van der Waals surface area contributed by atoms with Crippen LogP contribution in [0.15, 0.2) is 97.1 Å². The highest BCUT2D eigenvalue weighted by molar-refractivity contribution is 6.08. The molecule has 1 unspecified atom stereocenters. The second kappa shape index (κ2) is 10.7. The first-order chi connectivity index (χ1) is 21.4. The zero-order valence-corrected chi connectivity index (χ0v) is 25.0. The Labute approximate surface area is 257 Å². The molecule has 2 saturated heterocycles. The number of ether oxygens (including phenoxy) is 1.